The molecule has 2 N–H and O–H groups in total. The Labute approximate surface area is 163 Å². The van der Waals surface area contributed by atoms with Crippen molar-refractivity contribution in [2.75, 3.05) is 7.05 Å². The Bertz CT molecular complexity index is 698. The molecule has 0 spiro atoms. The van der Waals surface area contributed by atoms with Crippen LogP contribution in [0.15, 0.2) is 58.2 Å². The third-order valence-electron chi connectivity index (χ3n) is 2.84. The van der Waals surface area contributed by atoms with E-state index in [4.69, 9.17) is 23.2 Å². The van der Waals surface area contributed by atoms with Crippen molar-refractivity contribution in [1.29, 1.82) is 0 Å². The largest absolute Gasteiger partial charge is 0.506 e. The summed E-state index contributed by atoms with van der Waals surface area (Å²) in [4.78, 5) is 0. The molecule has 0 bridgehead atoms. The number of aromatic hydroxyl groups is 1. The summed E-state index contributed by atoms with van der Waals surface area (Å²) in [7, 11) is 1.58. The molecule has 0 unspecified atom stereocenters. The molecule has 0 amide bonds. The normalized spacial score (nSPS) is 12.6. The van der Waals surface area contributed by atoms with E-state index in [1.165, 1.54) is 0 Å². The molecule has 0 saturated carbocycles. The maximum atomic E-state index is 12.2. The van der Waals surface area contributed by atoms with Crippen LogP contribution in [-0.4, -0.2) is 18.3 Å². The van der Waals surface area contributed by atoms with Crippen molar-refractivity contribution in [3.8, 4) is 5.75 Å². The maximum Gasteiger partial charge on any atom is 0.416 e. The van der Waals surface area contributed by atoms with Crippen LogP contribution in [0.3, 0.4) is 0 Å². The highest BCUT2D eigenvalue weighted by Gasteiger charge is 2.31. The number of hydrogen-bond donors (Lipinski definition) is 2. The lowest BCUT2D eigenvalue weighted by atomic mass is 10.2. The fraction of sp³-hybridized carbons (Fsp3) is 0.176. The Morgan fingerprint density at radius 3 is 2.28 bits per heavy atom. The van der Waals surface area contributed by atoms with Crippen molar-refractivity contribution < 1.29 is 18.3 Å². The molecule has 138 valence electrons. The Hall–Kier alpha value is -1.37. The second kappa shape index (κ2) is 10.6. The Balaban J connectivity index is 0.000000472. The first-order chi connectivity index (χ1) is 11.5. The van der Waals surface area contributed by atoms with Gasteiger partial charge in [-0.1, -0.05) is 48.5 Å². The molecule has 0 radical (unpaired) electrons. The number of alkyl halides is 3. The van der Waals surface area contributed by atoms with Gasteiger partial charge in [0.15, 0.2) is 0 Å². The SMILES string of the molecule is C=C/C(=C\C(Cl)=C(/C)NC)C(F)(F)F.C=Cc1cc(Cl)cc(Br)c1O. The summed E-state index contributed by atoms with van der Waals surface area (Å²) < 4.78 is 37.2. The van der Waals surface area contributed by atoms with E-state index >= 15 is 0 Å². The fourth-order valence-corrected chi connectivity index (χ4v) is 2.41. The number of allylic oxidation sites excluding steroid dienone is 5. The number of nitrogens with one attached hydrogen (secondary N) is 1. The molecule has 0 aliphatic rings. The third-order valence-corrected chi connectivity index (χ3v) is 4.06. The van der Waals surface area contributed by atoms with Gasteiger partial charge in [0.05, 0.1) is 15.1 Å². The quantitative estimate of drug-likeness (QED) is 0.486. The van der Waals surface area contributed by atoms with E-state index in [0.717, 1.165) is 12.2 Å². The highest BCUT2D eigenvalue weighted by atomic mass is 79.9. The molecule has 1 rings (SSSR count). The van der Waals surface area contributed by atoms with Gasteiger partial charge in [0.2, 0.25) is 0 Å². The van der Waals surface area contributed by atoms with Gasteiger partial charge in [-0.3, -0.25) is 0 Å². The molecular formula is C17H17BrCl2F3NO. The molecule has 0 aromatic heterocycles. The van der Waals surface area contributed by atoms with Crippen LogP contribution >= 0.6 is 39.1 Å². The van der Waals surface area contributed by atoms with Crippen LogP contribution in [0.1, 0.15) is 12.5 Å². The van der Waals surface area contributed by atoms with Gasteiger partial charge < -0.3 is 10.4 Å². The van der Waals surface area contributed by atoms with E-state index in [1.807, 2.05) is 0 Å². The van der Waals surface area contributed by atoms with Crippen LogP contribution in [0, 0.1) is 0 Å². The van der Waals surface area contributed by atoms with E-state index in [0.29, 0.717) is 20.8 Å². The van der Waals surface area contributed by atoms with Gasteiger partial charge >= 0.3 is 6.18 Å². The summed E-state index contributed by atoms with van der Waals surface area (Å²) in [5.74, 6) is 0.171. The monoisotopic (exact) mass is 457 g/mol. The molecule has 25 heavy (non-hydrogen) atoms. The van der Waals surface area contributed by atoms with Crippen molar-refractivity contribution in [2.45, 2.75) is 13.1 Å². The zero-order valence-electron chi connectivity index (χ0n) is 13.5. The van der Waals surface area contributed by atoms with Crippen molar-refractivity contribution in [3.63, 3.8) is 0 Å². The lowest BCUT2D eigenvalue weighted by Crippen LogP contribution is -2.10. The molecule has 0 aliphatic carbocycles. The molecule has 1 aromatic carbocycles. The predicted molar refractivity (Wildman–Crippen MR) is 103 cm³/mol. The molecular weight excluding hydrogens is 442 g/mol. The zero-order valence-corrected chi connectivity index (χ0v) is 16.6. The molecule has 0 saturated heterocycles. The molecule has 2 nitrogen and oxygen atoms in total. The summed E-state index contributed by atoms with van der Waals surface area (Å²) in [6, 6.07) is 3.28. The second-order valence-electron chi connectivity index (χ2n) is 4.55. The van der Waals surface area contributed by atoms with Gasteiger partial charge in [0, 0.05) is 23.3 Å². The summed E-state index contributed by atoms with van der Waals surface area (Å²) in [5, 5.41) is 12.6. The van der Waals surface area contributed by atoms with Crippen molar-refractivity contribution >= 4 is 45.2 Å². The minimum absolute atomic E-state index is 0.0136. The van der Waals surface area contributed by atoms with Gasteiger partial charge in [-0.25, -0.2) is 0 Å². The second-order valence-corrected chi connectivity index (χ2v) is 6.25. The molecule has 0 heterocycles. The lowest BCUT2D eigenvalue weighted by Gasteiger charge is -2.07. The summed E-state index contributed by atoms with van der Waals surface area (Å²) in [6.45, 7) is 8.19. The molecule has 1 aromatic rings. The predicted octanol–water partition coefficient (Wildman–Crippen LogP) is 6.80. The third kappa shape index (κ3) is 8.03. The first-order valence-corrected chi connectivity index (χ1v) is 8.28. The Kier molecular flexibility index (Phi) is 10.0. The van der Waals surface area contributed by atoms with Crippen LogP contribution in [0.4, 0.5) is 13.2 Å². The smallest absolute Gasteiger partial charge is 0.416 e. The average molecular weight is 459 g/mol. The number of benzene rings is 1. The number of phenols is 1. The molecule has 0 atom stereocenters. The standard InChI is InChI=1S/C9H11ClF3N.C8H6BrClO/c1-4-7(9(11,12)13)5-8(10)6(2)14-3;1-2-5-3-6(10)4-7(9)8(5)11/h4-5,14H,1H2,2-3H3;2-4,11H,1H2/b7-5+,8-6-;. The average Bonchev–Trinajstić information content (AvgIpc) is 2.54. The van der Waals surface area contributed by atoms with Gasteiger partial charge in [0.25, 0.3) is 0 Å². The van der Waals surface area contributed by atoms with Gasteiger partial charge in [-0.2, -0.15) is 13.2 Å². The van der Waals surface area contributed by atoms with Crippen LogP contribution in [0.5, 0.6) is 5.75 Å². The summed E-state index contributed by atoms with van der Waals surface area (Å²) >= 11 is 14.5. The highest BCUT2D eigenvalue weighted by molar-refractivity contribution is 9.10. The van der Waals surface area contributed by atoms with E-state index in [1.54, 1.807) is 32.2 Å². The van der Waals surface area contributed by atoms with E-state index in [9.17, 15) is 18.3 Å². The van der Waals surface area contributed by atoms with Crippen molar-refractivity contribution in [2.24, 2.45) is 0 Å². The van der Waals surface area contributed by atoms with Crippen molar-refractivity contribution in [3.05, 3.63) is 68.8 Å². The minimum Gasteiger partial charge on any atom is -0.506 e. The maximum absolute atomic E-state index is 12.2. The molecule has 0 aliphatic heterocycles. The molecule has 0 fully saturated rings. The van der Waals surface area contributed by atoms with Crippen LogP contribution < -0.4 is 5.32 Å². The van der Waals surface area contributed by atoms with E-state index < -0.39 is 11.7 Å². The Morgan fingerprint density at radius 2 is 1.88 bits per heavy atom. The van der Waals surface area contributed by atoms with Crippen LogP contribution in [0.25, 0.3) is 6.08 Å². The number of phenolic OH excluding ortho intramolecular Hbond substituents is 1. The summed E-state index contributed by atoms with van der Waals surface area (Å²) in [5.41, 5.74) is 0.233. The number of hydrogen-bond acceptors (Lipinski definition) is 2. The number of halogens is 6. The van der Waals surface area contributed by atoms with E-state index in [-0.39, 0.29) is 10.8 Å². The van der Waals surface area contributed by atoms with Crippen LogP contribution in [-0.2, 0) is 0 Å². The lowest BCUT2D eigenvalue weighted by molar-refractivity contribution is -0.0881. The van der Waals surface area contributed by atoms with Crippen LogP contribution in [0.2, 0.25) is 5.02 Å². The Morgan fingerprint density at radius 1 is 1.32 bits per heavy atom. The topological polar surface area (TPSA) is 32.3 Å². The minimum atomic E-state index is -4.42. The fourth-order valence-electron chi connectivity index (χ4n) is 1.36. The van der Waals surface area contributed by atoms with Crippen molar-refractivity contribution in [1.82, 2.24) is 5.32 Å². The zero-order chi connectivity index (χ0) is 19.8. The van der Waals surface area contributed by atoms with Gasteiger partial charge in [0.1, 0.15) is 5.75 Å². The first-order valence-electron chi connectivity index (χ1n) is 6.73. The highest BCUT2D eigenvalue weighted by Crippen LogP contribution is 2.32. The number of rotatable bonds is 4. The van der Waals surface area contributed by atoms with Gasteiger partial charge in [-0.15, -0.1) is 0 Å². The first kappa shape index (κ1) is 23.6. The summed E-state index contributed by atoms with van der Waals surface area (Å²) in [6.07, 6.45) is -1.31. The molecule has 8 heteroatoms. The van der Waals surface area contributed by atoms with Gasteiger partial charge in [-0.05, 0) is 41.1 Å². The van der Waals surface area contributed by atoms with E-state index in [2.05, 4.69) is 34.4 Å².